The number of para-hydroxylation sites is 1. The number of fused-ring (bicyclic) bond motifs is 1. The van der Waals surface area contributed by atoms with Crippen LogP contribution in [0.3, 0.4) is 0 Å². The Morgan fingerprint density at radius 2 is 2.00 bits per heavy atom. The van der Waals surface area contributed by atoms with Crippen molar-refractivity contribution in [2.24, 2.45) is 7.05 Å². The van der Waals surface area contributed by atoms with E-state index in [1.807, 2.05) is 62.0 Å². The SMILES string of the molecule is CCC(C)N1C(=O)S/C(=C\c2cn(C)c3ccccc23)C1=O. The molecule has 1 saturated heterocycles. The van der Waals surface area contributed by atoms with E-state index >= 15 is 0 Å². The second-order valence-corrected chi connectivity index (χ2v) is 6.51. The van der Waals surface area contributed by atoms with Gasteiger partial charge in [-0.2, -0.15) is 0 Å². The van der Waals surface area contributed by atoms with Crippen molar-refractivity contribution in [2.75, 3.05) is 0 Å². The number of aromatic nitrogens is 1. The zero-order chi connectivity index (χ0) is 15.9. The Bertz CT molecular complexity index is 791. The fourth-order valence-corrected chi connectivity index (χ4v) is 3.59. The van der Waals surface area contributed by atoms with Gasteiger partial charge in [-0.05, 0) is 37.2 Å². The molecule has 0 spiro atoms. The average molecular weight is 314 g/mol. The minimum atomic E-state index is -0.183. The largest absolute Gasteiger partial charge is 0.350 e. The van der Waals surface area contributed by atoms with Gasteiger partial charge in [0, 0.05) is 35.8 Å². The number of benzene rings is 1. The number of nitrogens with zero attached hydrogens (tertiary/aromatic N) is 2. The molecule has 0 aliphatic carbocycles. The van der Waals surface area contributed by atoms with Crippen molar-refractivity contribution >= 4 is 39.9 Å². The third kappa shape index (κ3) is 2.35. The summed E-state index contributed by atoms with van der Waals surface area (Å²) in [6.45, 7) is 3.87. The van der Waals surface area contributed by atoms with Crippen LogP contribution in [0.4, 0.5) is 4.79 Å². The van der Waals surface area contributed by atoms with Gasteiger partial charge in [0.2, 0.25) is 0 Å². The molecule has 1 aliphatic heterocycles. The quantitative estimate of drug-likeness (QED) is 0.804. The van der Waals surface area contributed by atoms with E-state index in [1.165, 1.54) is 4.90 Å². The second kappa shape index (κ2) is 5.65. The predicted octanol–water partition coefficient (Wildman–Crippen LogP) is 4.01. The lowest BCUT2D eigenvalue weighted by Gasteiger charge is -2.19. The minimum absolute atomic E-state index is 0.0640. The molecular weight excluding hydrogens is 296 g/mol. The summed E-state index contributed by atoms with van der Waals surface area (Å²) in [5.41, 5.74) is 2.07. The standard InChI is InChI=1S/C17H18N2O2S/c1-4-11(2)19-16(20)15(22-17(19)21)9-12-10-18(3)14-8-6-5-7-13(12)14/h5-11H,4H2,1-3H3/b15-9-. The van der Waals surface area contributed by atoms with E-state index in [-0.39, 0.29) is 17.2 Å². The third-order valence-electron chi connectivity index (χ3n) is 4.07. The van der Waals surface area contributed by atoms with E-state index in [2.05, 4.69) is 0 Å². The molecule has 1 atom stereocenters. The van der Waals surface area contributed by atoms with E-state index in [1.54, 1.807) is 0 Å². The van der Waals surface area contributed by atoms with Crippen LogP contribution in [0, 0.1) is 0 Å². The smallest absolute Gasteiger partial charge is 0.293 e. The number of hydrogen-bond donors (Lipinski definition) is 0. The van der Waals surface area contributed by atoms with Crippen molar-refractivity contribution in [1.29, 1.82) is 0 Å². The van der Waals surface area contributed by atoms with Crippen molar-refractivity contribution in [3.63, 3.8) is 0 Å². The molecule has 22 heavy (non-hydrogen) atoms. The molecule has 2 heterocycles. The van der Waals surface area contributed by atoms with Crippen LogP contribution in [0.25, 0.3) is 17.0 Å². The van der Waals surface area contributed by atoms with Crippen molar-refractivity contribution in [1.82, 2.24) is 9.47 Å². The number of aryl methyl sites for hydroxylation is 1. The third-order valence-corrected chi connectivity index (χ3v) is 4.95. The van der Waals surface area contributed by atoms with E-state index in [0.29, 0.717) is 4.91 Å². The zero-order valence-corrected chi connectivity index (χ0v) is 13.7. The summed E-state index contributed by atoms with van der Waals surface area (Å²) in [6.07, 6.45) is 4.58. The number of amides is 2. The number of hydrogen-bond acceptors (Lipinski definition) is 3. The lowest BCUT2D eigenvalue weighted by atomic mass is 10.1. The van der Waals surface area contributed by atoms with Gasteiger partial charge in [0.25, 0.3) is 11.1 Å². The number of thioether (sulfide) groups is 1. The molecule has 4 nitrogen and oxygen atoms in total. The molecular formula is C17H18N2O2S. The maximum Gasteiger partial charge on any atom is 0.293 e. The van der Waals surface area contributed by atoms with Gasteiger partial charge in [0.1, 0.15) is 0 Å². The molecule has 0 bridgehead atoms. The Hall–Kier alpha value is -2.01. The summed E-state index contributed by atoms with van der Waals surface area (Å²) < 4.78 is 2.03. The first-order chi connectivity index (χ1) is 10.5. The highest BCUT2D eigenvalue weighted by Gasteiger charge is 2.37. The molecule has 1 aromatic carbocycles. The Labute approximate surface area is 133 Å². The molecule has 1 aliphatic rings. The highest BCUT2D eigenvalue weighted by atomic mass is 32.2. The average Bonchev–Trinajstić information content (AvgIpc) is 2.97. The molecule has 2 amide bonds. The molecule has 0 radical (unpaired) electrons. The molecule has 3 rings (SSSR count). The summed E-state index contributed by atoms with van der Waals surface area (Å²) in [5.74, 6) is -0.183. The van der Waals surface area contributed by atoms with Crippen LogP contribution in [0.2, 0.25) is 0 Å². The van der Waals surface area contributed by atoms with Crippen molar-refractivity contribution < 1.29 is 9.59 Å². The first-order valence-corrected chi connectivity index (χ1v) is 8.15. The van der Waals surface area contributed by atoms with Crippen LogP contribution < -0.4 is 0 Å². The minimum Gasteiger partial charge on any atom is -0.350 e. The Morgan fingerprint density at radius 3 is 2.73 bits per heavy atom. The van der Waals surface area contributed by atoms with Gasteiger partial charge in [0.05, 0.1) is 4.91 Å². The maximum atomic E-state index is 12.5. The van der Waals surface area contributed by atoms with Gasteiger partial charge in [-0.3, -0.25) is 14.5 Å². The molecule has 1 fully saturated rings. The lowest BCUT2D eigenvalue weighted by Crippen LogP contribution is -2.36. The monoisotopic (exact) mass is 314 g/mol. The first kappa shape index (κ1) is 14.9. The van der Waals surface area contributed by atoms with Gasteiger partial charge in [0.15, 0.2) is 0 Å². The zero-order valence-electron chi connectivity index (χ0n) is 12.9. The predicted molar refractivity (Wildman–Crippen MR) is 90.5 cm³/mol. The Kier molecular flexibility index (Phi) is 3.83. The number of carbonyl (C=O) groups is 2. The summed E-state index contributed by atoms with van der Waals surface area (Å²) in [7, 11) is 1.98. The highest BCUT2D eigenvalue weighted by molar-refractivity contribution is 8.18. The molecule has 2 aromatic rings. The van der Waals surface area contributed by atoms with Crippen LogP contribution in [0.15, 0.2) is 35.4 Å². The number of imide groups is 1. The van der Waals surface area contributed by atoms with E-state index in [0.717, 1.165) is 34.6 Å². The number of carbonyl (C=O) groups excluding carboxylic acids is 2. The first-order valence-electron chi connectivity index (χ1n) is 7.34. The molecule has 0 N–H and O–H groups in total. The Balaban J connectivity index is 2.02. The van der Waals surface area contributed by atoms with Crippen molar-refractivity contribution in [2.45, 2.75) is 26.3 Å². The van der Waals surface area contributed by atoms with Crippen molar-refractivity contribution in [3.8, 4) is 0 Å². The summed E-state index contributed by atoms with van der Waals surface area (Å²) in [5, 5.41) is 0.908. The van der Waals surface area contributed by atoms with Crippen LogP contribution in [0.5, 0.6) is 0 Å². The summed E-state index contributed by atoms with van der Waals surface area (Å²) in [6, 6.07) is 7.97. The van der Waals surface area contributed by atoms with E-state index in [4.69, 9.17) is 0 Å². The highest BCUT2D eigenvalue weighted by Crippen LogP contribution is 2.35. The molecule has 5 heteroatoms. The van der Waals surface area contributed by atoms with Crippen LogP contribution >= 0.6 is 11.8 Å². The van der Waals surface area contributed by atoms with E-state index < -0.39 is 0 Å². The lowest BCUT2D eigenvalue weighted by molar-refractivity contribution is -0.124. The molecule has 114 valence electrons. The van der Waals surface area contributed by atoms with Gasteiger partial charge in [-0.1, -0.05) is 25.1 Å². The van der Waals surface area contributed by atoms with Crippen molar-refractivity contribution in [3.05, 3.63) is 40.9 Å². The molecule has 0 saturated carbocycles. The normalized spacial score (nSPS) is 18.7. The second-order valence-electron chi connectivity index (χ2n) is 5.52. The van der Waals surface area contributed by atoms with Gasteiger partial charge < -0.3 is 4.57 Å². The van der Waals surface area contributed by atoms with Gasteiger partial charge in [-0.25, -0.2) is 0 Å². The fourth-order valence-electron chi connectivity index (χ4n) is 2.67. The maximum absolute atomic E-state index is 12.5. The molecule has 1 aromatic heterocycles. The van der Waals surface area contributed by atoms with E-state index in [9.17, 15) is 9.59 Å². The summed E-state index contributed by atoms with van der Waals surface area (Å²) >= 11 is 1.03. The topological polar surface area (TPSA) is 42.3 Å². The Morgan fingerprint density at radius 1 is 1.27 bits per heavy atom. The number of rotatable bonds is 3. The van der Waals surface area contributed by atoms with Crippen LogP contribution in [-0.2, 0) is 11.8 Å². The fraction of sp³-hybridized carbons (Fsp3) is 0.294. The van der Waals surface area contributed by atoms with Gasteiger partial charge in [-0.15, -0.1) is 0 Å². The van der Waals surface area contributed by atoms with Crippen LogP contribution in [-0.4, -0.2) is 26.7 Å². The van der Waals surface area contributed by atoms with Gasteiger partial charge >= 0.3 is 0 Å². The summed E-state index contributed by atoms with van der Waals surface area (Å²) in [4.78, 5) is 26.4. The molecule has 1 unspecified atom stereocenters. The van der Waals surface area contributed by atoms with Crippen LogP contribution in [0.1, 0.15) is 25.8 Å².